The molecule has 1 atom stereocenters. The summed E-state index contributed by atoms with van der Waals surface area (Å²) in [5.41, 5.74) is 0.999. The number of hydrogen-bond donors (Lipinski definition) is 1. The molecule has 5 heteroatoms. The van der Waals surface area contributed by atoms with E-state index in [4.69, 9.17) is 16.7 Å². The molecule has 16 heavy (non-hydrogen) atoms. The van der Waals surface area contributed by atoms with Crippen LogP contribution in [-0.2, 0) is 0 Å². The van der Waals surface area contributed by atoms with Crippen LogP contribution in [0.4, 0.5) is 0 Å². The largest absolute Gasteiger partial charge is 0.396 e. The predicted octanol–water partition coefficient (Wildman–Crippen LogP) is 2.97. The van der Waals surface area contributed by atoms with E-state index in [1.165, 1.54) is 6.33 Å². The Labute approximate surface area is 106 Å². The van der Waals surface area contributed by atoms with E-state index >= 15 is 0 Å². The number of rotatable bonds is 5. The van der Waals surface area contributed by atoms with Crippen LogP contribution in [0.5, 0.6) is 0 Å². The number of halogens is 1. The molecule has 1 unspecified atom stereocenters. The van der Waals surface area contributed by atoms with E-state index in [0.29, 0.717) is 11.1 Å². The Balaban J connectivity index is 2.83. The van der Waals surface area contributed by atoms with E-state index in [2.05, 4.69) is 23.8 Å². The third-order valence-electron chi connectivity index (χ3n) is 2.19. The van der Waals surface area contributed by atoms with Gasteiger partial charge in [0.15, 0.2) is 0 Å². The zero-order chi connectivity index (χ0) is 12.1. The Morgan fingerprint density at radius 2 is 2.06 bits per heavy atom. The number of aliphatic hydroxyl groups is 1. The molecule has 0 saturated carbocycles. The molecule has 0 aliphatic heterocycles. The molecule has 1 heterocycles. The van der Waals surface area contributed by atoms with Crippen molar-refractivity contribution in [3.05, 3.63) is 17.0 Å². The van der Waals surface area contributed by atoms with Crippen LogP contribution in [0.25, 0.3) is 0 Å². The lowest BCUT2D eigenvalue weighted by molar-refractivity contribution is 0.250. The van der Waals surface area contributed by atoms with Gasteiger partial charge < -0.3 is 5.11 Å². The second-order valence-electron chi connectivity index (χ2n) is 4.14. The van der Waals surface area contributed by atoms with Gasteiger partial charge in [0.05, 0.1) is 0 Å². The van der Waals surface area contributed by atoms with Crippen LogP contribution < -0.4 is 0 Å². The quantitative estimate of drug-likeness (QED) is 0.653. The van der Waals surface area contributed by atoms with E-state index in [1.807, 2.05) is 6.92 Å². The third-order valence-corrected chi connectivity index (χ3v) is 3.83. The summed E-state index contributed by atoms with van der Waals surface area (Å²) in [7, 11) is 0. The molecule has 3 nitrogen and oxygen atoms in total. The number of hydrogen-bond acceptors (Lipinski definition) is 4. The lowest BCUT2D eigenvalue weighted by Crippen LogP contribution is -2.05. The van der Waals surface area contributed by atoms with E-state index in [0.717, 1.165) is 16.3 Å². The van der Waals surface area contributed by atoms with Gasteiger partial charge >= 0.3 is 0 Å². The minimum atomic E-state index is 0.197. The smallest absolute Gasteiger partial charge is 0.137 e. The second kappa shape index (κ2) is 6.42. The summed E-state index contributed by atoms with van der Waals surface area (Å²) in [5.74, 6) is 1.41. The zero-order valence-corrected chi connectivity index (χ0v) is 11.3. The predicted molar refractivity (Wildman–Crippen MR) is 68.1 cm³/mol. The number of nitrogens with zero attached hydrogens (tertiary/aromatic N) is 2. The van der Waals surface area contributed by atoms with Crippen molar-refractivity contribution in [2.75, 3.05) is 12.4 Å². The van der Waals surface area contributed by atoms with Gasteiger partial charge in [-0.2, -0.15) is 0 Å². The topological polar surface area (TPSA) is 46.0 Å². The average Bonchev–Trinajstić information content (AvgIpc) is 2.25. The van der Waals surface area contributed by atoms with Gasteiger partial charge in [-0.3, -0.25) is 0 Å². The van der Waals surface area contributed by atoms with Gasteiger partial charge in [0.2, 0.25) is 0 Å². The fourth-order valence-corrected chi connectivity index (χ4v) is 2.80. The normalized spacial score (nSPS) is 13.1. The highest BCUT2D eigenvalue weighted by atomic mass is 35.5. The average molecular weight is 261 g/mol. The summed E-state index contributed by atoms with van der Waals surface area (Å²) in [6.07, 6.45) is 1.49. The fraction of sp³-hybridized carbons (Fsp3) is 0.636. The highest BCUT2D eigenvalue weighted by molar-refractivity contribution is 7.99. The Morgan fingerprint density at radius 1 is 1.38 bits per heavy atom. The molecule has 0 radical (unpaired) electrons. The van der Waals surface area contributed by atoms with E-state index < -0.39 is 0 Å². The molecule has 1 aromatic heterocycles. The maximum atomic E-state index is 8.97. The van der Waals surface area contributed by atoms with E-state index in [9.17, 15) is 0 Å². The summed E-state index contributed by atoms with van der Waals surface area (Å²) < 4.78 is 0. The van der Waals surface area contributed by atoms with Crippen molar-refractivity contribution < 1.29 is 5.11 Å². The van der Waals surface area contributed by atoms with Crippen molar-refractivity contribution >= 4 is 23.4 Å². The Morgan fingerprint density at radius 3 is 2.62 bits per heavy atom. The van der Waals surface area contributed by atoms with Crippen molar-refractivity contribution in [3.63, 3.8) is 0 Å². The van der Waals surface area contributed by atoms with Crippen LogP contribution in [-0.4, -0.2) is 27.4 Å². The van der Waals surface area contributed by atoms with Crippen molar-refractivity contribution in [1.82, 2.24) is 9.97 Å². The molecule has 0 amide bonds. The summed E-state index contributed by atoms with van der Waals surface area (Å²) in [6, 6.07) is 0. The zero-order valence-electron chi connectivity index (χ0n) is 9.77. The van der Waals surface area contributed by atoms with Crippen molar-refractivity contribution in [2.24, 2.45) is 5.92 Å². The highest BCUT2D eigenvalue weighted by Crippen LogP contribution is 2.31. The first kappa shape index (κ1) is 13.7. The van der Waals surface area contributed by atoms with Gasteiger partial charge in [0.1, 0.15) is 16.5 Å². The summed E-state index contributed by atoms with van der Waals surface area (Å²) in [5, 5.41) is 10.4. The standard InChI is InChI=1S/C11H17ClN2OS/c1-7(2)9-10(12)13-6-14-11(9)16-5-8(3)4-15/h6-8,15H,4-5H2,1-3H3. The second-order valence-corrected chi connectivity index (χ2v) is 5.50. The van der Waals surface area contributed by atoms with Crippen LogP contribution in [0, 0.1) is 5.92 Å². The summed E-state index contributed by atoms with van der Waals surface area (Å²) in [6.45, 7) is 6.35. The lowest BCUT2D eigenvalue weighted by atomic mass is 10.1. The molecule has 1 aromatic rings. The Hall–Kier alpha value is -0.320. The maximum absolute atomic E-state index is 8.97. The van der Waals surface area contributed by atoms with Gasteiger partial charge in [-0.05, 0) is 11.8 Å². The maximum Gasteiger partial charge on any atom is 0.137 e. The number of thioether (sulfide) groups is 1. The van der Waals surface area contributed by atoms with E-state index in [-0.39, 0.29) is 12.5 Å². The van der Waals surface area contributed by atoms with Gasteiger partial charge in [-0.15, -0.1) is 11.8 Å². The Kier molecular flexibility index (Phi) is 5.52. The molecular weight excluding hydrogens is 244 g/mol. The van der Waals surface area contributed by atoms with Crippen LogP contribution >= 0.6 is 23.4 Å². The first-order valence-corrected chi connectivity index (χ1v) is 6.66. The van der Waals surface area contributed by atoms with Crippen LogP contribution in [0.1, 0.15) is 32.3 Å². The van der Waals surface area contributed by atoms with Gasteiger partial charge in [0.25, 0.3) is 0 Å². The first-order chi connectivity index (χ1) is 7.56. The van der Waals surface area contributed by atoms with Crippen molar-refractivity contribution in [3.8, 4) is 0 Å². The SMILES string of the molecule is CC(CO)CSc1ncnc(Cl)c1C(C)C. The highest BCUT2D eigenvalue weighted by Gasteiger charge is 2.14. The molecule has 90 valence electrons. The van der Waals surface area contributed by atoms with Gasteiger partial charge in [-0.25, -0.2) is 9.97 Å². The molecule has 0 saturated heterocycles. The number of aliphatic hydroxyl groups excluding tert-OH is 1. The molecular formula is C11H17ClN2OS. The summed E-state index contributed by atoms with van der Waals surface area (Å²) in [4.78, 5) is 8.25. The molecule has 0 aliphatic carbocycles. The molecule has 0 spiro atoms. The third kappa shape index (κ3) is 3.61. The van der Waals surface area contributed by atoms with E-state index in [1.54, 1.807) is 11.8 Å². The van der Waals surface area contributed by atoms with Gasteiger partial charge in [-0.1, -0.05) is 32.4 Å². The molecule has 0 aliphatic rings. The number of aromatic nitrogens is 2. The first-order valence-electron chi connectivity index (χ1n) is 5.30. The molecule has 1 N–H and O–H groups in total. The van der Waals surface area contributed by atoms with Crippen LogP contribution in [0.15, 0.2) is 11.4 Å². The molecule has 0 bridgehead atoms. The molecule has 1 rings (SSSR count). The van der Waals surface area contributed by atoms with Crippen molar-refractivity contribution in [1.29, 1.82) is 0 Å². The monoisotopic (exact) mass is 260 g/mol. The fourth-order valence-electron chi connectivity index (χ4n) is 1.23. The minimum Gasteiger partial charge on any atom is -0.396 e. The Bertz CT molecular complexity index is 347. The minimum absolute atomic E-state index is 0.197. The van der Waals surface area contributed by atoms with Crippen molar-refractivity contribution in [2.45, 2.75) is 31.7 Å². The van der Waals surface area contributed by atoms with Crippen LogP contribution in [0.2, 0.25) is 5.15 Å². The van der Waals surface area contributed by atoms with Gasteiger partial charge in [0, 0.05) is 17.9 Å². The molecule has 0 fully saturated rings. The molecule has 0 aromatic carbocycles. The van der Waals surface area contributed by atoms with Crippen LogP contribution in [0.3, 0.4) is 0 Å². The summed E-state index contributed by atoms with van der Waals surface area (Å²) >= 11 is 7.69. The lowest BCUT2D eigenvalue weighted by Gasteiger charge is -2.13.